The van der Waals surface area contributed by atoms with Gasteiger partial charge in [-0.25, -0.2) is 22.0 Å². The number of alkyl halides is 2. The van der Waals surface area contributed by atoms with Gasteiger partial charge in [-0.1, -0.05) is 11.6 Å². The summed E-state index contributed by atoms with van der Waals surface area (Å²) >= 11 is 5.89. The third kappa shape index (κ3) is 7.27. The van der Waals surface area contributed by atoms with E-state index in [4.69, 9.17) is 16.3 Å². The Bertz CT molecular complexity index is 1020. The molecule has 196 valence electrons. The Kier molecular flexibility index (Phi) is 8.33. The SMILES string of the molecule is CC(C)(C)OC(=O)N1CCC(CN(C2CC(F)(F)CCNC2=O)S(=O)(=O)c2ccc(Cl)cc2)CC1. The molecule has 3 rings (SSSR count). The maximum atomic E-state index is 14.5. The van der Waals surface area contributed by atoms with Crippen molar-refractivity contribution in [3.05, 3.63) is 29.3 Å². The van der Waals surface area contributed by atoms with Crippen LogP contribution in [0.4, 0.5) is 13.6 Å². The molecule has 1 atom stereocenters. The number of piperidine rings is 1. The van der Waals surface area contributed by atoms with Gasteiger partial charge in [-0.05, 0) is 63.8 Å². The van der Waals surface area contributed by atoms with Crippen molar-refractivity contribution in [2.75, 3.05) is 26.2 Å². The van der Waals surface area contributed by atoms with Gasteiger partial charge in [0.1, 0.15) is 11.6 Å². The van der Waals surface area contributed by atoms with Gasteiger partial charge in [0, 0.05) is 44.0 Å². The highest BCUT2D eigenvalue weighted by atomic mass is 35.5. The molecular formula is C23H32ClF2N3O5S. The lowest BCUT2D eigenvalue weighted by molar-refractivity contribution is -0.126. The molecule has 0 spiro atoms. The van der Waals surface area contributed by atoms with E-state index in [-0.39, 0.29) is 23.9 Å². The molecule has 1 aromatic rings. The molecule has 12 heteroatoms. The summed E-state index contributed by atoms with van der Waals surface area (Å²) in [6.07, 6.45) is -1.03. The minimum absolute atomic E-state index is 0.124. The molecule has 0 saturated carbocycles. The van der Waals surface area contributed by atoms with Crippen LogP contribution in [0.2, 0.25) is 5.02 Å². The number of hydrogen-bond acceptors (Lipinski definition) is 5. The molecule has 0 aromatic heterocycles. The van der Waals surface area contributed by atoms with Gasteiger partial charge in [0.05, 0.1) is 4.90 Å². The minimum atomic E-state index is -4.29. The molecule has 2 aliphatic heterocycles. The summed E-state index contributed by atoms with van der Waals surface area (Å²) in [6.45, 7) is 5.62. The number of carbonyl (C=O) groups excluding carboxylic acids is 2. The standard InChI is InChI=1S/C23H32ClF2N3O5S/c1-22(2,3)34-21(31)28-12-8-16(9-13-28)15-29(19-14-23(25,26)10-11-27-20(19)30)35(32,33)18-6-4-17(24)5-7-18/h4-7,16,19H,8-15H2,1-3H3,(H,27,30). The summed E-state index contributed by atoms with van der Waals surface area (Å²) in [6, 6.07) is 3.82. The van der Waals surface area contributed by atoms with Crippen molar-refractivity contribution >= 4 is 33.6 Å². The van der Waals surface area contributed by atoms with Crippen LogP contribution in [0.15, 0.2) is 29.2 Å². The Hall–Kier alpha value is -1.98. The van der Waals surface area contributed by atoms with E-state index in [1.165, 1.54) is 24.3 Å². The lowest BCUT2D eigenvalue weighted by Crippen LogP contribution is -2.52. The van der Waals surface area contributed by atoms with E-state index < -0.39 is 52.4 Å². The number of nitrogens with one attached hydrogen (secondary N) is 1. The molecule has 8 nitrogen and oxygen atoms in total. The zero-order valence-electron chi connectivity index (χ0n) is 20.1. The van der Waals surface area contributed by atoms with E-state index in [9.17, 15) is 26.8 Å². The summed E-state index contributed by atoms with van der Waals surface area (Å²) in [5.74, 6) is -4.18. The molecule has 1 unspecified atom stereocenters. The highest BCUT2D eigenvalue weighted by Gasteiger charge is 2.45. The number of likely N-dealkylation sites (tertiary alicyclic amines) is 1. The van der Waals surface area contributed by atoms with Crippen LogP contribution >= 0.6 is 11.6 Å². The van der Waals surface area contributed by atoms with Gasteiger partial charge in [0.25, 0.3) is 5.92 Å². The van der Waals surface area contributed by atoms with Crippen LogP contribution < -0.4 is 5.32 Å². The number of sulfonamides is 1. The molecular weight excluding hydrogens is 504 g/mol. The predicted molar refractivity (Wildman–Crippen MR) is 127 cm³/mol. The second-order valence-corrected chi connectivity index (χ2v) is 12.4. The second-order valence-electron chi connectivity index (χ2n) is 10.1. The highest BCUT2D eigenvalue weighted by Crippen LogP contribution is 2.33. The summed E-state index contributed by atoms with van der Waals surface area (Å²) in [5.41, 5.74) is -0.643. The molecule has 1 N–H and O–H groups in total. The summed E-state index contributed by atoms with van der Waals surface area (Å²) in [4.78, 5) is 26.5. The zero-order valence-corrected chi connectivity index (χ0v) is 21.7. The normalized spacial score (nSPS) is 22.0. The first-order chi connectivity index (χ1) is 16.2. The third-order valence-corrected chi connectivity index (χ3v) is 8.20. The molecule has 0 bridgehead atoms. The molecule has 1 aromatic carbocycles. The lowest BCUT2D eigenvalue weighted by atomic mass is 9.96. The Morgan fingerprint density at radius 2 is 1.83 bits per heavy atom. The van der Waals surface area contributed by atoms with E-state index in [1.807, 2.05) is 0 Å². The van der Waals surface area contributed by atoms with Gasteiger partial charge in [0.15, 0.2) is 0 Å². The molecule has 2 fully saturated rings. The molecule has 35 heavy (non-hydrogen) atoms. The van der Waals surface area contributed by atoms with Gasteiger partial charge >= 0.3 is 6.09 Å². The summed E-state index contributed by atoms with van der Waals surface area (Å²) in [7, 11) is -4.29. The zero-order chi connectivity index (χ0) is 26.0. The number of amides is 2. The topological polar surface area (TPSA) is 96.0 Å². The first-order valence-corrected chi connectivity index (χ1v) is 13.4. The van der Waals surface area contributed by atoms with Crippen LogP contribution in [0, 0.1) is 5.92 Å². The molecule has 0 radical (unpaired) electrons. The van der Waals surface area contributed by atoms with Crippen LogP contribution in [0.25, 0.3) is 0 Å². The Morgan fingerprint density at radius 1 is 1.23 bits per heavy atom. The molecule has 2 amide bonds. The monoisotopic (exact) mass is 535 g/mol. The number of halogens is 3. The van der Waals surface area contributed by atoms with E-state index in [1.54, 1.807) is 25.7 Å². The van der Waals surface area contributed by atoms with Crippen molar-refractivity contribution < 1.29 is 31.5 Å². The maximum Gasteiger partial charge on any atom is 0.410 e. The first-order valence-electron chi connectivity index (χ1n) is 11.6. The predicted octanol–water partition coefficient (Wildman–Crippen LogP) is 3.89. The fourth-order valence-electron chi connectivity index (χ4n) is 4.21. The molecule has 2 saturated heterocycles. The third-order valence-electron chi connectivity index (χ3n) is 6.06. The van der Waals surface area contributed by atoms with Crippen molar-refractivity contribution in [3.8, 4) is 0 Å². The Labute approximate surface area is 210 Å². The van der Waals surface area contributed by atoms with Crippen molar-refractivity contribution in [2.24, 2.45) is 5.92 Å². The quantitative estimate of drug-likeness (QED) is 0.617. The average molecular weight is 536 g/mol. The van der Waals surface area contributed by atoms with Crippen molar-refractivity contribution in [2.45, 2.75) is 68.9 Å². The number of nitrogens with zero attached hydrogens (tertiary/aromatic N) is 2. The van der Waals surface area contributed by atoms with Crippen molar-refractivity contribution in [1.82, 2.24) is 14.5 Å². The van der Waals surface area contributed by atoms with Crippen LogP contribution in [0.5, 0.6) is 0 Å². The first kappa shape index (κ1) is 27.6. The van der Waals surface area contributed by atoms with E-state index in [2.05, 4.69) is 5.32 Å². The number of hydrogen-bond donors (Lipinski definition) is 1. The van der Waals surface area contributed by atoms with Crippen LogP contribution in [-0.4, -0.2) is 73.4 Å². The van der Waals surface area contributed by atoms with E-state index in [0.29, 0.717) is 31.0 Å². The number of rotatable bonds is 5. The smallest absolute Gasteiger partial charge is 0.410 e. The lowest BCUT2D eigenvalue weighted by Gasteiger charge is -2.37. The highest BCUT2D eigenvalue weighted by molar-refractivity contribution is 7.89. The largest absolute Gasteiger partial charge is 0.444 e. The fraction of sp³-hybridized carbons (Fsp3) is 0.652. The van der Waals surface area contributed by atoms with Gasteiger partial charge < -0.3 is 15.0 Å². The Balaban J connectivity index is 1.84. The Morgan fingerprint density at radius 3 is 2.40 bits per heavy atom. The molecule has 0 aliphatic carbocycles. The van der Waals surface area contributed by atoms with Gasteiger partial charge in [-0.2, -0.15) is 4.31 Å². The number of ether oxygens (including phenoxy) is 1. The van der Waals surface area contributed by atoms with Crippen LogP contribution in [0.1, 0.15) is 46.5 Å². The van der Waals surface area contributed by atoms with Gasteiger partial charge in [-0.15, -0.1) is 0 Å². The average Bonchev–Trinajstić information content (AvgIpc) is 2.88. The van der Waals surface area contributed by atoms with Crippen molar-refractivity contribution in [3.63, 3.8) is 0 Å². The number of benzene rings is 1. The summed E-state index contributed by atoms with van der Waals surface area (Å²) < 4.78 is 62.4. The van der Waals surface area contributed by atoms with Crippen LogP contribution in [-0.2, 0) is 19.6 Å². The maximum absolute atomic E-state index is 14.5. The number of carbonyl (C=O) groups is 2. The van der Waals surface area contributed by atoms with Gasteiger partial charge in [-0.3, -0.25) is 4.79 Å². The second kappa shape index (κ2) is 10.6. The van der Waals surface area contributed by atoms with Crippen LogP contribution in [0.3, 0.4) is 0 Å². The molecule has 2 heterocycles. The minimum Gasteiger partial charge on any atom is -0.444 e. The fourth-order valence-corrected chi connectivity index (χ4v) is 6.00. The summed E-state index contributed by atoms with van der Waals surface area (Å²) in [5, 5.41) is 2.75. The van der Waals surface area contributed by atoms with Crippen molar-refractivity contribution in [1.29, 1.82) is 0 Å². The van der Waals surface area contributed by atoms with E-state index in [0.717, 1.165) is 4.31 Å². The molecule has 2 aliphatic rings. The van der Waals surface area contributed by atoms with E-state index >= 15 is 0 Å². The van der Waals surface area contributed by atoms with Gasteiger partial charge in [0.2, 0.25) is 15.9 Å².